The molecule has 6 atom stereocenters. The van der Waals surface area contributed by atoms with Gasteiger partial charge in [-0.05, 0) is 81.0 Å². The van der Waals surface area contributed by atoms with Gasteiger partial charge in [-0.3, -0.25) is 14.4 Å². The molecule has 0 bridgehead atoms. The summed E-state index contributed by atoms with van der Waals surface area (Å²) in [7, 11) is 0. The summed E-state index contributed by atoms with van der Waals surface area (Å²) in [4.78, 5) is 80.1. The van der Waals surface area contributed by atoms with Crippen LogP contribution in [0, 0.1) is 5.41 Å². The summed E-state index contributed by atoms with van der Waals surface area (Å²) < 4.78 is 35.1. The molecule has 2 amide bonds. The number of hydrogen-bond donors (Lipinski definition) is 2. The number of carbonyl (C=O) groups is 6. The zero-order valence-corrected chi connectivity index (χ0v) is 35.2. The van der Waals surface area contributed by atoms with Crippen LogP contribution < -0.4 is 5.32 Å². The molecule has 0 aromatic heterocycles. The number of rotatable bonds is 12. The maximum absolute atomic E-state index is 14.4. The van der Waals surface area contributed by atoms with Gasteiger partial charge in [0.25, 0.3) is 0 Å². The van der Waals surface area contributed by atoms with Crippen molar-refractivity contribution in [3.8, 4) is 0 Å². The van der Waals surface area contributed by atoms with Gasteiger partial charge < -0.3 is 43.7 Å². The van der Waals surface area contributed by atoms with E-state index in [0.717, 1.165) is 11.1 Å². The summed E-state index contributed by atoms with van der Waals surface area (Å²) in [5, 5.41) is 12.8. The normalized spacial score (nSPS) is 25.3. The van der Waals surface area contributed by atoms with Crippen molar-refractivity contribution >= 4 is 41.8 Å². The van der Waals surface area contributed by atoms with Crippen LogP contribution in [0.15, 0.2) is 66.3 Å². The SMILES string of the molecule is CC(C)(C)OC(=O)CC[C@@H](CO)NC(=O)[C@H]1CCCN1C(=O)C1=C[C@H]2OC3(Cc4ccccc4C3)O[C@H]2[C@H](OC(=O)c2ccc(C=CC(=O)O[C@H]3C(=O)OCC3(C)C)cc2)C1. The van der Waals surface area contributed by atoms with Crippen LogP contribution in [0.2, 0.25) is 0 Å². The van der Waals surface area contributed by atoms with Gasteiger partial charge in [-0.25, -0.2) is 14.4 Å². The maximum Gasteiger partial charge on any atom is 0.348 e. The highest BCUT2D eigenvalue weighted by atomic mass is 16.8. The number of ether oxygens (including phenoxy) is 6. The predicted octanol–water partition coefficient (Wildman–Crippen LogP) is 3.92. The molecule has 3 heterocycles. The molecule has 0 radical (unpaired) electrons. The van der Waals surface area contributed by atoms with E-state index in [-0.39, 0.29) is 31.4 Å². The fraction of sp³-hybridized carbons (Fsp3) is 0.522. The van der Waals surface area contributed by atoms with E-state index < -0.39 is 95.6 Å². The van der Waals surface area contributed by atoms with Crippen molar-refractivity contribution in [1.29, 1.82) is 0 Å². The van der Waals surface area contributed by atoms with Crippen molar-refractivity contribution in [2.24, 2.45) is 5.41 Å². The molecule has 2 aromatic rings. The summed E-state index contributed by atoms with van der Waals surface area (Å²) in [6, 6.07) is 12.8. The number of amides is 2. The largest absolute Gasteiger partial charge is 0.462 e. The van der Waals surface area contributed by atoms with Crippen molar-refractivity contribution in [3.63, 3.8) is 0 Å². The average Bonchev–Trinajstić information content (AvgIpc) is 3.99. The van der Waals surface area contributed by atoms with Crippen LogP contribution in [0.5, 0.6) is 0 Å². The first-order valence-corrected chi connectivity index (χ1v) is 20.9. The molecule has 7 rings (SSSR count). The van der Waals surface area contributed by atoms with Gasteiger partial charge in [0.2, 0.25) is 17.9 Å². The van der Waals surface area contributed by atoms with Crippen LogP contribution in [0.1, 0.15) is 93.8 Å². The second kappa shape index (κ2) is 17.5. The van der Waals surface area contributed by atoms with E-state index in [1.807, 2.05) is 24.3 Å². The highest BCUT2D eigenvalue weighted by molar-refractivity contribution is 5.98. The Bertz CT molecular complexity index is 2080. The quantitative estimate of drug-likeness (QED) is 0.178. The molecule has 5 aliphatic rings. The van der Waals surface area contributed by atoms with Crippen LogP contribution in [-0.4, -0.2) is 113 Å². The van der Waals surface area contributed by atoms with Gasteiger partial charge >= 0.3 is 23.9 Å². The first-order valence-electron chi connectivity index (χ1n) is 20.9. The third-order valence-electron chi connectivity index (χ3n) is 11.6. The molecule has 0 unspecified atom stereocenters. The van der Waals surface area contributed by atoms with E-state index in [0.29, 0.717) is 43.4 Å². The number of nitrogens with one attached hydrogen (secondary N) is 1. The molecule has 326 valence electrons. The summed E-state index contributed by atoms with van der Waals surface area (Å²) in [6.45, 7) is 8.90. The molecule has 3 fully saturated rings. The molecular formula is C46H54N2O13. The Hall–Kier alpha value is -5.38. The number of likely N-dealkylation sites (tertiary alicyclic amines) is 1. The Morgan fingerprint density at radius 2 is 1.70 bits per heavy atom. The Morgan fingerprint density at radius 1 is 1.00 bits per heavy atom. The van der Waals surface area contributed by atoms with Gasteiger partial charge in [-0.2, -0.15) is 0 Å². The monoisotopic (exact) mass is 842 g/mol. The van der Waals surface area contributed by atoms with Gasteiger partial charge in [0.15, 0.2) is 5.79 Å². The molecule has 2 aromatic carbocycles. The Labute approximate surface area is 354 Å². The second-order valence-electron chi connectivity index (χ2n) is 18.1. The first-order chi connectivity index (χ1) is 28.9. The number of aliphatic hydroxyl groups excluding tert-OH is 1. The number of esters is 4. The topological polar surface area (TPSA) is 193 Å². The number of carbonyl (C=O) groups excluding carboxylic acids is 6. The summed E-state index contributed by atoms with van der Waals surface area (Å²) >= 11 is 0. The number of nitrogens with zero attached hydrogens (tertiary/aromatic N) is 1. The van der Waals surface area contributed by atoms with Crippen LogP contribution >= 0.6 is 0 Å². The van der Waals surface area contributed by atoms with Crippen LogP contribution in [-0.2, 0) is 65.2 Å². The summed E-state index contributed by atoms with van der Waals surface area (Å²) in [5.74, 6) is -4.25. The fourth-order valence-electron chi connectivity index (χ4n) is 8.50. The fourth-order valence-corrected chi connectivity index (χ4v) is 8.50. The lowest BCUT2D eigenvalue weighted by molar-refractivity contribution is -0.172. The third-order valence-corrected chi connectivity index (χ3v) is 11.6. The third kappa shape index (κ3) is 10.1. The predicted molar refractivity (Wildman–Crippen MR) is 217 cm³/mol. The Morgan fingerprint density at radius 3 is 2.34 bits per heavy atom. The smallest absolute Gasteiger partial charge is 0.348 e. The number of aliphatic hydroxyl groups is 1. The van der Waals surface area contributed by atoms with Gasteiger partial charge in [0.05, 0.1) is 18.2 Å². The minimum absolute atomic E-state index is 0.00244. The lowest BCUT2D eigenvalue weighted by atomic mass is 9.90. The average molecular weight is 843 g/mol. The Balaban J connectivity index is 1.03. The molecule has 15 heteroatoms. The van der Waals surface area contributed by atoms with Gasteiger partial charge in [-0.1, -0.05) is 50.2 Å². The molecule has 0 saturated carbocycles. The molecular weight excluding hydrogens is 789 g/mol. The lowest BCUT2D eigenvalue weighted by Crippen LogP contribution is -2.51. The van der Waals surface area contributed by atoms with E-state index in [1.54, 1.807) is 65.0 Å². The minimum atomic E-state index is -1.02. The van der Waals surface area contributed by atoms with Crippen molar-refractivity contribution in [3.05, 3.63) is 88.5 Å². The lowest BCUT2D eigenvalue weighted by Gasteiger charge is -2.33. The molecule has 1 spiro atoms. The van der Waals surface area contributed by atoms with Crippen molar-refractivity contribution < 1.29 is 62.3 Å². The number of cyclic esters (lactones) is 1. The van der Waals surface area contributed by atoms with Gasteiger partial charge in [0, 0.05) is 49.3 Å². The van der Waals surface area contributed by atoms with Crippen LogP contribution in [0.25, 0.3) is 6.08 Å². The van der Waals surface area contributed by atoms with Crippen LogP contribution in [0.4, 0.5) is 0 Å². The van der Waals surface area contributed by atoms with Crippen LogP contribution in [0.3, 0.4) is 0 Å². The maximum atomic E-state index is 14.4. The van der Waals surface area contributed by atoms with E-state index in [4.69, 9.17) is 28.4 Å². The highest BCUT2D eigenvalue weighted by Crippen LogP contribution is 2.45. The molecule has 3 aliphatic heterocycles. The summed E-state index contributed by atoms with van der Waals surface area (Å²) in [6.07, 6.45) is 3.13. The zero-order valence-electron chi connectivity index (χ0n) is 35.2. The molecule has 15 nitrogen and oxygen atoms in total. The first kappa shape index (κ1) is 43.7. The number of hydrogen-bond acceptors (Lipinski definition) is 13. The summed E-state index contributed by atoms with van der Waals surface area (Å²) in [5.41, 5.74) is 1.98. The molecule has 61 heavy (non-hydrogen) atoms. The molecule has 2 aliphatic carbocycles. The highest BCUT2D eigenvalue weighted by Gasteiger charge is 2.55. The Kier molecular flexibility index (Phi) is 12.6. The molecule has 3 saturated heterocycles. The molecule has 2 N–H and O–H groups in total. The number of benzene rings is 2. The number of fused-ring (bicyclic) bond motifs is 2. The van der Waals surface area contributed by atoms with Gasteiger partial charge in [-0.15, -0.1) is 0 Å². The van der Waals surface area contributed by atoms with E-state index >= 15 is 0 Å². The van der Waals surface area contributed by atoms with Crippen molar-refractivity contribution in [2.75, 3.05) is 19.8 Å². The van der Waals surface area contributed by atoms with E-state index in [1.165, 1.54) is 17.1 Å². The van der Waals surface area contributed by atoms with E-state index in [2.05, 4.69) is 5.32 Å². The zero-order chi connectivity index (χ0) is 43.7. The minimum Gasteiger partial charge on any atom is -0.462 e. The second-order valence-corrected chi connectivity index (χ2v) is 18.1. The van der Waals surface area contributed by atoms with Crippen molar-refractivity contribution in [1.82, 2.24) is 10.2 Å². The van der Waals surface area contributed by atoms with E-state index in [9.17, 15) is 33.9 Å². The van der Waals surface area contributed by atoms with Gasteiger partial charge in [0.1, 0.15) is 36.6 Å². The van der Waals surface area contributed by atoms with Crippen molar-refractivity contribution in [2.45, 2.75) is 127 Å². The standard InChI is InChI=1S/C46H54N2O13/c1-44(2,3)60-37(51)19-17-32(25-49)47-40(52)33-11-8-20-48(33)41(53)31-21-34(38-35(22-31)59-46(61-38)23-29-9-6-7-10-30(29)24-46)57-42(54)28-15-12-27(13-16-28)14-18-36(50)58-39-43(55)56-26-45(39,4)5/h6-7,9-10,12-16,18,22,32-35,38-39,49H,8,11,17,19-21,23-26H2,1-5H3,(H,47,52)/t32-,33+,34+,35+,38-,39-/m0/s1.